The predicted octanol–water partition coefficient (Wildman–Crippen LogP) is 0.647. The SMILES string of the molecule is CCN(CC1CCNCC1)C(=O)NC. The summed E-state index contributed by atoms with van der Waals surface area (Å²) in [6.07, 6.45) is 2.38. The number of nitrogens with zero attached hydrogens (tertiary/aromatic N) is 1. The van der Waals surface area contributed by atoms with Crippen molar-refractivity contribution in [2.24, 2.45) is 5.92 Å². The maximum atomic E-state index is 11.4. The lowest BCUT2D eigenvalue weighted by Crippen LogP contribution is -2.43. The zero-order valence-electron chi connectivity index (χ0n) is 9.18. The van der Waals surface area contributed by atoms with Crippen molar-refractivity contribution in [2.45, 2.75) is 19.8 Å². The van der Waals surface area contributed by atoms with Crippen molar-refractivity contribution in [3.63, 3.8) is 0 Å². The highest BCUT2D eigenvalue weighted by atomic mass is 16.2. The van der Waals surface area contributed by atoms with E-state index in [-0.39, 0.29) is 6.03 Å². The number of urea groups is 1. The number of carbonyl (C=O) groups is 1. The minimum atomic E-state index is 0.0473. The van der Waals surface area contributed by atoms with Crippen LogP contribution in [0.25, 0.3) is 0 Å². The van der Waals surface area contributed by atoms with Crippen LogP contribution in [0.3, 0.4) is 0 Å². The first-order valence-corrected chi connectivity index (χ1v) is 5.45. The second kappa shape index (κ2) is 5.86. The van der Waals surface area contributed by atoms with Crippen molar-refractivity contribution < 1.29 is 4.79 Å². The van der Waals surface area contributed by atoms with Crippen LogP contribution in [0.1, 0.15) is 19.8 Å². The first-order valence-electron chi connectivity index (χ1n) is 5.45. The van der Waals surface area contributed by atoms with Gasteiger partial charge in [0.2, 0.25) is 0 Å². The molecule has 0 radical (unpaired) electrons. The summed E-state index contributed by atoms with van der Waals surface area (Å²) in [4.78, 5) is 13.3. The summed E-state index contributed by atoms with van der Waals surface area (Å²) in [5.74, 6) is 0.675. The molecule has 0 bridgehead atoms. The Hall–Kier alpha value is -0.770. The Morgan fingerprint density at radius 1 is 1.50 bits per heavy atom. The molecule has 14 heavy (non-hydrogen) atoms. The van der Waals surface area contributed by atoms with Crippen LogP contribution in [0.2, 0.25) is 0 Å². The van der Waals surface area contributed by atoms with Crippen molar-refractivity contribution in [1.82, 2.24) is 15.5 Å². The number of amides is 2. The van der Waals surface area contributed by atoms with Crippen LogP contribution in [0, 0.1) is 5.92 Å². The quantitative estimate of drug-likeness (QED) is 0.701. The van der Waals surface area contributed by atoms with E-state index in [1.165, 1.54) is 12.8 Å². The first-order chi connectivity index (χ1) is 6.77. The molecule has 2 N–H and O–H groups in total. The van der Waals surface area contributed by atoms with Crippen LogP contribution >= 0.6 is 0 Å². The van der Waals surface area contributed by atoms with Gasteiger partial charge in [0.15, 0.2) is 0 Å². The van der Waals surface area contributed by atoms with Gasteiger partial charge in [0.25, 0.3) is 0 Å². The summed E-state index contributed by atoms with van der Waals surface area (Å²) in [7, 11) is 1.69. The number of rotatable bonds is 3. The van der Waals surface area contributed by atoms with Crippen LogP contribution in [-0.4, -0.2) is 44.2 Å². The Balaban J connectivity index is 2.34. The van der Waals surface area contributed by atoms with Crippen molar-refractivity contribution in [2.75, 3.05) is 33.2 Å². The highest BCUT2D eigenvalue weighted by Gasteiger charge is 2.18. The van der Waals surface area contributed by atoms with Gasteiger partial charge in [-0.1, -0.05) is 0 Å². The van der Waals surface area contributed by atoms with Crippen LogP contribution in [0.4, 0.5) is 4.79 Å². The third kappa shape index (κ3) is 3.18. The van der Waals surface area contributed by atoms with Gasteiger partial charge in [0.1, 0.15) is 0 Å². The smallest absolute Gasteiger partial charge is 0.317 e. The van der Waals surface area contributed by atoms with Crippen molar-refractivity contribution in [3.8, 4) is 0 Å². The summed E-state index contributed by atoms with van der Waals surface area (Å²) < 4.78 is 0. The predicted molar refractivity (Wildman–Crippen MR) is 57.3 cm³/mol. The molecule has 82 valence electrons. The molecule has 1 rings (SSSR count). The van der Waals surface area contributed by atoms with E-state index in [4.69, 9.17) is 0 Å². The van der Waals surface area contributed by atoms with E-state index in [2.05, 4.69) is 10.6 Å². The molecule has 0 aromatic heterocycles. The molecule has 1 aliphatic rings. The van der Waals surface area contributed by atoms with Crippen LogP contribution in [0.5, 0.6) is 0 Å². The van der Waals surface area contributed by atoms with Gasteiger partial charge >= 0.3 is 6.03 Å². The van der Waals surface area contributed by atoms with E-state index in [1.807, 2.05) is 11.8 Å². The van der Waals surface area contributed by atoms with Gasteiger partial charge in [-0.05, 0) is 38.8 Å². The molecule has 4 heteroatoms. The van der Waals surface area contributed by atoms with E-state index in [1.54, 1.807) is 7.05 Å². The molecule has 1 fully saturated rings. The molecule has 0 aromatic rings. The maximum Gasteiger partial charge on any atom is 0.317 e. The average Bonchev–Trinajstić information content (AvgIpc) is 2.26. The molecule has 1 saturated heterocycles. The van der Waals surface area contributed by atoms with Gasteiger partial charge in [0.05, 0.1) is 0 Å². The zero-order valence-corrected chi connectivity index (χ0v) is 9.18. The second-order valence-corrected chi connectivity index (χ2v) is 3.79. The summed E-state index contributed by atoms with van der Waals surface area (Å²) in [5, 5.41) is 6.01. The van der Waals surface area contributed by atoms with Crippen LogP contribution < -0.4 is 10.6 Å². The number of carbonyl (C=O) groups excluding carboxylic acids is 1. The number of nitrogens with one attached hydrogen (secondary N) is 2. The van der Waals surface area contributed by atoms with E-state index >= 15 is 0 Å². The molecule has 0 atom stereocenters. The third-order valence-electron chi connectivity index (χ3n) is 2.82. The van der Waals surface area contributed by atoms with E-state index in [9.17, 15) is 4.79 Å². The van der Waals surface area contributed by atoms with Crippen molar-refractivity contribution in [3.05, 3.63) is 0 Å². The molecule has 4 nitrogen and oxygen atoms in total. The van der Waals surface area contributed by atoms with Crippen LogP contribution in [-0.2, 0) is 0 Å². The van der Waals surface area contributed by atoms with E-state index in [0.29, 0.717) is 5.92 Å². The monoisotopic (exact) mass is 199 g/mol. The van der Waals surface area contributed by atoms with Crippen molar-refractivity contribution >= 4 is 6.03 Å². The largest absolute Gasteiger partial charge is 0.341 e. The zero-order chi connectivity index (χ0) is 10.4. The molecular weight excluding hydrogens is 178 g/mol. The van der Waals surface area contributed by atoms with Gasteiger partial charge in [-0.3, -0.25) is 0 Å². The van der Waals surface area contributed by atoms with Crippen LogP contribution in [0.15, 0.2) is 0 Å². The lowest BCUT2D eigenvalue weighted by Gasteiger charge is -2.29. The first kappa shape index (κ1) is 11.3. The molecule has 1 heterocycles. The molecule has 0 spiro atoms. The third-order valence-corrected chi connectivity index (χ3v) is 2.82. The molecule has 0 aromatic carbocycles. The van der Waals surface area contributed by atoms with E-state index < -0.39 is 0 Å². The highest BCUT2D eigenvalue weighted by molar-refractivity contribution is 5.73. The van der Waals surface area contributed by atoms with Gasteiger partial charge in [-0.2, -0.15) is 0 Å². The average molecular weight is 199 g/mol. The van der Waals surface area contributed by atoms with Crippen molar-refractivity contribution in [1.29, 1.82) is 0 Å². The number of piperidine rings is 1. The van der Waals surface area contributed by atoms with E-state index in [0.717, 1.165) is 26.2 Å². The Morgan fingerprint density at radius 2 is 2.14 bits per heavy atom. The Kier molecular flexibility index (Phi) is 4.73. The molecule has 0 saturated carbocycles. The fraction of sp³-hybridized carbons (Fsp3) is 0.900. The summed E-state index contributed by atoms with van der Waals surface area (Å²) in [6.45, 7) is 5.91. The minimum absolute atomic E-state index is 0.0473. The summed E-state index contributed by atoms with van der Waals surface area (Å²) in [6, 6.07) is 0.0473. The topological polar surface area (TPSA) is 44.4 Å². The Labute approximate surface area is 86.0 Å². The molecular formula is C10H21N3O. The minimum Gasteiger partial charge on any atom is -0.341 e. The standard InChI is InChI=1S/C10H21N3O/c1-3-13(10(14)11-2)8-9-4-6-12-7-5-9/h9,12H,3-8H2,1-2H3,(H,11,14). The molecule has 0 unspecified atom stereocenters. The lowest BCUT2D eigenvalue weighted by molar-refractivity contribution is 0.185. The Morgan fingerprint density at radius 3 is 2.64 bits per heavy atom. The van der Waals surface area contributed by atoms with Gasteiger partial charge < -0.3 is 15.5 Å². The Bertz CT molecular complexity index is 178. The fourth-order valence-corrected chi connectivity index (χ4v) is 1.89. The number of hydrogen-bond acceptors (Lipinski definition) is 2. The summed E-state index contributed by atoms with van der Waals surface area (Å²) >= 11 is 0. The second-order valence-electron chi connectivity index (χ2n) is 3.79. The fourth-order valence-electron chi connectivity index (χ4n) is 1.89. The van der Waals surface area contributed by atoms with Gasteiger partial charge in [0, 0.05) is 20.1 Å². The maximum absolute atomic E-state index is 11.4. The number of hydrogen-bond donors (Lipinski definition) is 2. The molecule has 2 amide bonds. The van der Waals surface area contributed by atoms with Gasteiger partial charge in [-0.15, -0.1) is 0 Å². The lowest BCUT2D eigenvalue weighted by atomic mass is 9.98. The highest BCUT2D eigenvalue weighted by Crippen LogP contribution is 2.13. The van der Waals surface area contributed by atoms with Gasteiger partial charge in [-0.25, -0.2) is 4.79 Å². The summed E-state index contributed by atoms with van der Waals surface area (Å²) in [5.41, 5.74) is 0. The molecule has 1 aliphatic heterocycles. The molecule has 0 aliphatic carbocycles. The normalized spacial score (nSPS) is 17.9.